The molecule has 0 rings (SSSR count). The quantitative estimate of drug-likeness (QED) is 0.0247. The molecule has 0 aliphatic carbocycles. The van der Waals surface area contributed by atoms with E-state index in [9.17, 15) is 19.8 Å². The molecule has 0 radical (unpaired) electrons. The molecule has 0 aromatic rings. The summed E-state index contributed by atoms with van der Waals surface area (Å²) < 4.78 is 5.89. The molecule has 3 N–H and O–H groups in total. The van der Waals surface area contributed by atoms with Crippen molar-refractivity contribution in [3.8, 4) is 0 Å². The Hall–Kier alpha value is -2.96. The van der Waals surface area contributed by atoms with Gasteiger partial charge in [-0.25, -0.2) is 0 Å². The number of allylic oxidation sites excluding steroid dienone is 14. The zero-order valence-electron chi connectivity index (χ0n) is 38.4. The molecule has 0 aromatic heterocycles. The smallest absolute Gasteiger partial charge is 0.306 e. The molecule has 0 aliphatic rings. The highest BCUT2D eigenvalue weighted by molar-refractivity contribution is 5.77. The van der Waals surface area contributed by atoms with Crippen molar-refractivity contribution in [2.75, 3.05) is 6.61 Å². The van der Waals surface area contributed by atoms with E-state index in [1.807, 2.05) is 54.7 Å². The van der Waals surface area contributed by atoms with Gasteiger partial charge in [-0.05, 0) is 70.6 Å². The van der Waals surface area contributed by atoms with Crippen molar-refractivity contribution in [3.63, 3.8) is 0 Å². The van der Waals surface area contributed by atoms with Crippen LogP contribution in [0.15, 0.2) is 85.1 Å². The second-order valence-corrected chi connectivity index (χ2v) is 16.3. The number of carbonyl (C=O) groups is 2. The molecule has 3 atom stereocenters. The molecule has 0 saturated heterocycles. The van der Waals surface area contributed by atoms with Crippen molar-refractivity contribution in [3.05, 3.63) is 85.1 Å². The third kappa shape index (κ3) is 41.6. The summed E-state index contributed by atoms with van der Waals surface area (Å²) in [6.07, 6.45) is 59.2. The Kier molecular flexibility index (Phi) is 43.8. The average Bonchev–Trinajstić information content (AvgIpc) is 3.23. The number of hydrogen-bond donors (Lipinski definition) is 3. The van der Waals surface area contributed by atoms with Crippen molar-refractivity contribution in [2.45, 2.75) is 232 Å². The van der Waals surface area contributed by atoms with Gasteiger partial charge in [0.2, 0.25) is 5.91 Å². The van der Waals surface area contributed by atoms with E-state index in [-0.39, 0.29) is 24.9 Å². The molecule has 0 heterocycles. The Bertz CT molecular complexity index is 1150. The van der Waals surface area contributed by atoms with Crippen LogP contribution < -0.4 is 5.32 Å². The Morgan fingerprint density at radius 1 is 0.508 bits per heavy atom. The van der Waals surface area contributed by atoms with Crippen molar-refractivity contribution in [1.82, 2.24) is 5.32 Å². The lowest BCUT2D eigenvalue weighted by Gasteiger charge is -2.24. The zero-order chi connectivity index (χ0) is 43.1. The summed E-state index contributed by atoms with van der Waals surface area (Å²) in [6, 6.07) is -0.718. The Morgan fingerprint density at radius 2 is 0.932 bits per heavy atom. The molecule has 0 spiro atoms. The summed E-state index contributed by atoms with van der Waals surface area (Å²) >= 11 is 0. The molecule has 6 nitrogen and oxygen atoms in total. The summed E-state index contributed by atoms with van der Waals surface area (Å²) in [5, 5.41) is 23.6. The van der Waals surface area contributed by atoms with Crippen LogP contribution in [0.4, 0.5) is 0 Å². The van der Waals surface area contributed by atoms with E-state index in [4.69, 9.17) is 4.74 Å². The number of aliphatic hydroxyl groups excluding tert-OH is 2. The van der Waals surface area contributed by atoms with Gasteiger partial charge in [-0.15, -0.1) is 0 Å². The van der Waals surface area contributed by atoms with Gasteiger partial charge in [0.05, 0.1) is 25.2 Å². The molecule has 338 valence electrons. The lowest BCUT2D eigenvalue weighted by atomic mass is 10.0. The molecule has 59 heavy (non-hydrogen) atoms. The Morgan fingerprint density at radius 3 is 1.46 bits per heavy atom. The second kappa shape index (κ2) is 46.1. The monoisotopic (exact) mass is 822 g/mol. The number of amides is 1. The SMILES string of the molecule is CC\C=C/C=C/C=C/C=C\C=C\C=C\CCCCCC(=O)OC(CCCCC/C=C/CCCCCCCCC)CC(=O)NC(CO)C(O)CCCCCCCCCCC. The van der Waals surface area contributed by atoms with Gasteiger partial charge in [-0.3, -0.25) is 9.59 Å². The van der Waals surface area contributed by atoms with Crippen LogP contribution >= 0.6 is 0 Å². The highest BCUT2D eigenvalue weighted by Gasteiger charge is 2.24. The summed E-state index contributed by atoms with van der Waals surface area (Å²) in [6.45, 7) is 6.29. The van der Waals surface area contributed by atoms with Gasteiger partial charge < -0.3 is 20.3 Å². The van der Waals surface area contributed by atoms with Gasteiger partial charge in [-0.2, -0.15) is 0 Å². The van der Waals surface area contributed by atoms with E-state index in [0.717, 1.165) is 83.5 Å². The molecule has 6 heteroatoms. The average molecular weight is 822 g/mol. The number of aliphatic hydroxyl groups is 2. The largest absolute Gasteiger partial charge is 0.462 e. The number of unbranched alkanes of at least 4 members (excludes halogenated alkanes) is 21. The maximum absolute atomic E-state index is 13.1. The number of carbonyl (C=O) groups excluding carboxylic acids is 2. The summed E-state index contributed by atoms with van der Waals surface area (Å²) in [5.74, 6) is -0.547. The van der Waals surface area contributed by atoms with Crippen LogP contribution in [0.25, 0.3) is 0 Å². The summed E-state index contributed by atoms with van der Waals surface area (Å²) in [7, 11) is 0. The highest BCUT2D eigenvalue weighted by atomic mass is 16.5. The van der Waals surface area contributed by atoms with E-state index < -0.39 is 18.2 Å². The number of ether oxygens (including phenoxy) is 1. The van der Waals surface area contributed by atoms with E-state index >= 15 is 0 Å². The highest BCUT2D eigenvalue weighted by Crippen LogP contribution is 2.17. The van der Waals surface area contributed by atoms with Crippen molar-refractivity contribution in [2.24, 2.45) is 0 Å². The van der Waals surface area contributed by atoms with Gasteiger partial charge >= 0.3 is 5.97 Å². The number of esters is 1. The number of rotatable bonds is 42. The number of nitrogens with one attached hydrogen (secondary N) is 1. The minimum Gasteiger partial charge on any atom is -0.462 e. The Balaban J connectivity index is 4.73. The maximum Gasteiger partial charge on any atom is 0.306 e. The fraction of sp³-hybridized carbons (Fsp3) is 0.698. The Labute approximate surface area is 363 Å². The predicted molar refractivity (Wildman–Crippen MR) is 254 cm³/mol. The van der Waals surface area contributed by atoms with E-state index in [1.54, 1.807) is 0 Å². The molecule has 0 aromatic carbocycles. The van der Waals surface area contributed by atoms with Crippen molar-refractivity contribution in [1.29, 1.82) is 0 Å². The fourth-order valence-electron chi connectivity index (χ4n) is 6.93. The second-order valence-electron chi connectivity index (χ2n) is 16.3. The lowest BCUT2D eigenvalue weighted by Crippen LogP contribution is -2.46. The molecular weight excluding hydrogens is 731 g/mol. The lowest BCUT2D eigenvalue weighted by molar-refractivity contribution is -0.151. The number of hydrogen-bond acceptors (Lipinski definition) is 5. The standard InChI is InChI=1S/C53H91NO5/c1-4-7-10-13-16-19-21-23-25-26-27-29-31-34-37-40-43-46-53(58)59-49(44-41-38-35-33-30-28-24-22-20-17-14-11-8-5-2)47-52(57)54-50(48-55)51(56)45-42-39-36-32-18-15-12-9-6-3/h7,10,13,16,19,21,23,25-31,49-51,55-56H,4-6,8-9,11-12,14-15,17-18,20,22,24,32-48H2,1-3H3,(H,54,57)/b10-7-,16-13+,21-19+,25-23-,27-26+,30-28+,31-29+. The van der Waals surface area contributed by atoms with Crippen molar-refractivity contribution < 1.29 is 24.5 Å². The van der Waals surface area contributed by atoms with E-state index in [0.29, 0.717) is 19.3 Å². The molecule has 1 amide bonds. The first-order chi connectivity index (χ1) is 29.0. The van der Waals surface area contributed by atoms with Crippen LogP contribution in [0.3, 0.4) is 0 Å². The molecule has 0 saturated carbocycles. The summed E-state index contributed by atoms with van der Waals surface area (Å²) in [4.78, 5) is 26.1. The van der Waals surface area contributed by atoms with E-state index in [1.165, 1.54) is 83.5 Å². The first kappa shape index (κ1) is 56.0. The van der Waals surface area contributed by atoms with Crippen molar-refractivity contribution >= 4 is 11.9 Å². The van der Waals surface area contributed by atoms with Crippen LogP contribution in [-0.4, -0.2) is 46.9 Å². The minimum absolute atomic E-state index is 0.0445. The maximum atomic E-state index is 13.1. The van der Waals surface area contributed by atoms with Gasteiger partial charge in [0.1, 0.15) is 6.10 Å². The van der Waals surface area contributed by atoms with Gasteiger partial charge in [0, 0.05) is 6.42 Å². The van der Waals surface area contributed by atoms with Crippen LogP contribution in [0.5, 0.6) is 0 Å². The summed E-state index contributed by atoms with van der Waals surface area (Å²) in [5.41, 5.74) is 0. The third-order valence-corrected chi connectivity index (χ3v) is 10.6. The first-order valence-corrected chi connectivity index (χ1v) is 24.4. The molecule has 3 unspecified atom stereocenters. The van der Waals surface area contributed by atoms with E-state index in [2.05, 4.69) is 56.5 Å². The molecular formula is C53H91NO5. The van der Waals surface area contributed by atoms with Crippen LogP contribution in [0.1, 0.15) is 213 Å². The molecule has 0 aliphatic heterocycles. The normalized spacial score (nSPS) is 14.1. The van der Waals surface area contributed by atoms with Crippen LogP contribution in [0, 0.1) is 0 Å². The molecule has 0 bridgehead atoms. The molecule has 0 fully saturated rings. The van der Waals surface area contributed by atoms with Gasteiger partial charge in [-0.1, -0.05) is 215 Å². The fourth-order valence-corrected chi connectivity index (χ4v) is 6.93. The predicted octanol–water partition coefficient (Wildman–Crippen LogP) is 14.4. The van der Waals surface area contributed by atoms with Gasteiger partial charge in [0.15, 0.2) is 0 Å². The third-order valence-electron chi connectivity index (χ3n) is 10.6. The van der Waals surface area contributed by atoms with Gasteiger partial charge in [0.25, 0.3) is 0 Å². The minimum atomic E-state index is -0.802. The van der Waals surface area contributed by atoms with Crippen LogP contribution in [-0.2, 0) is 14.3 Å². The topological polar surface area (TPSA) is 95.9 Å². The zero-order valence-corrected chi connectivity index (χ0v) is 38.4. The van der Waals surface area contributed by atoms with Crippen LogP contribution in [0.2, 0.25) is 0 Å². The first-order valence-electron chi connectivity index (χ1n) is 24.4.